The molecule has 0 N–H and O–H groups in total. The van der Waals surface area contributed by atoms with Crippen LogP contribution in [0.25, 0.3) is 0 Å². The van der Waals surface area contributed by atoms with E-state index >= 15 is 0 Å². The van der Waals surface area contributed by atoms with Crippen LogP contribution in [0.5, 0.6) is 0 Å². The Morgan fingerprint density at radius 2 is 1.95 bits per heavy atom. The Kier molecular flexibility index (Phi) is 5.65. The van der Waals surface area contributed by atoms with Crippen LogP contribution in [0.1, 0.15) is 25.5 Å². The van der Waals surface area contributed by atoms with E-state index in [1.807, 2.05) is 0 Å². The van der Waals surface area contributed by atoms with E-state index in [1.165, 1.54) is 31.2 Å². The third kappa shape index (κ3) is 4.35. The van der Waals surface area contributed by atoms with Crippen LogP contribution >= 0.6 is 0 Å². The summed E-state index contributed by atoms with van der Waals surface area (Å²) in [6, 6.07) is 7.28. The van der Waals surface area contributed by atoms with Crippen molar-refractivity contribution in [2.24, 2.45) is 0 Å². The largest absolute Gasteiger partial charge is 0.463 e. The molecular formula is C15H16O5. The Labute approximate surface area is 116 Å². The minimum absolute atomic E-state index is 0.000647. The molecule has 0 spiro atoms. The highest BCUT2D eigenvalue weighted by Gasteiger charge is 2.24. The van der Waals surface area contributed by atoms with Crippen LogP contribution in [0.4, 0.5) is 0 Å². The van der Waals surface area contributed by atoms with Gasteiger partial charge >= 0.3 is 11.9 Å². The summed E-state index contributed by atoms with van der Waals surface area (Å²) in [6.07, 6.45) is -0.974. The monoisotopic (exact) mass is 276 g/mol. The van der Waals surface area contributed by atoms with Crippen molar-refractivity contribution in [1.29, 1.82) is 0 Å². The zero-order valence-corrected chi connectivity index (χ0v) is 11.4. The van der Waals surface area contributed by atoms with Gasteiger partial charge in [0.1, 0.15) is 0 Å². The molecule has 5 nitrogen and oxygen atoms in total. The fraction of sp³-hybridized carbons (Fsp3) is 0.267. The summed E-state index contributed by atoms with van der Waals surface area (Å²) in [6.45, 7) is 6.70. The summed E-state index contributed by atoms with van der Waals surface area (Å²) in [7, 11) is 0. The standard InChI is InChI=1S/C15H16O5/c1-4-19-15(18)10(2)14(20-11(3)16)12-6-5-7-13(17)9-8-12/h5-9,14H,2,4H2,1,3H3. The summed E-state index contributed by atoms with van der Waals surface area (Å²) in [5.74, 6) is -1.21. The molecular weight excluding hydrogens is 260 g/mol. The summed E-state index contributed by atoms with van der Waals surface area (Å²) < 4.78 is 9.95. The molecule has 0 aliphatic heterocycles. The van der Waals surface area contributed by atoms with E-state index in [-0.39, 0.29) is 17.6 Å². The van der Waals surface area contributed by atoms with Gasteiger partial charge in [0.2, 0.25) is 0 Å². The fourth-order valence-corrected chi connectivity index (χ4v) is 1.56. The molecule has 1 unspecified atom stereocenters. The van der Waals surface area contributed by atoms with E-state index in [9.17, 15) is 14.4 Å². The predicted octanol–water partition coefficient (Wildman–Crippen LogP) is 1.77. The highest BCUT2D eigenvalue weighted by Crippen LogP contribution is 2.25. The third-order valence-corrected chi connectivity index (χ3v) is 2.43. The Hall–Kier alpha value is -2.43. The van der Waals surface area contributed by atoms with Gasteiger partial charge in [0.05, 0.1) is 12.2 Å². The van der Waals surface area contributed by atoms with Crippen molar-refractivity contribution in [3.8, 4) is 0 Å². The maximum Gasteiger partial charge on any atom is 0.337 e. The Morgan fingerprint density at radius 1 is 1.25 bits per heavy atom. The van der Waals surface area contributed by atoms with Crippen molar-refractivity contribution in [1.82, 2.24) is 0 Å². The van der Waals surface area contributed by atoms with Gasteiger partial charge in [-0.1, -0.05) is 24.8 Å². The van der Waals surface area contributed by atoms with Gasteiger partial charge in [0.15, 0.2) is 11.5 Å². The highest BCUT2D eigenvalue weighted by molar-refractivity contribution is 5.89. The number of hydrogen-bond donors (Lipinski definition) is 0. The molecule has 20 heavy (non-hydrogen) atoms. The zero-order chi connectivity index (χ0) is 15.1. The zero-order valence-electron chi connectivity index (χ0n) is 11.4. The molecule has 0 saturated heterocycles. The normalized spacial score (nSPS) is 11.3. The topological polar surface area (TPSA) is 69.7 Å². The van der Waals surface area contributed by atoms with Crippen LogP contribution in [0.15, 0.2) is 47.3 Å². The van der Waals surface area contributed by atoms with Crippen molar-refractivity contribution in [3.05, 3.63) is 58.3 Å². The van der Waals surface area contributed by atoms with E-state index in [0.717, 1.165) is 0 Å². The summed E-state index contributed by atoms with van der Waals surface area (Å²) in [5.41, 5.74) is 0.278. The summed E-state index contributed by atoms with van der Waals surface area (Å²) >= 11 is 0. The molecule has 5 heteroatoms. The summed E-state index contributed by atoms with van der Waals surface area (Å²) in [4.78, 5) is 34.1. The van der Waals surface area contributed by atoms with Crippen LogP contribution in [-0.4, -0.2) is 18.5 Å². The first-order chi connectivity index (χ1) is 9.45. The molecule has 0 aliphatic carbocycles. The first-order valence-electron chi connectivity index (χ1n) is 6.09. The number of carbonyl (C=O) groups excluding carboxylic acids is 2. The maximum atomic E-state index is 11.7. The molecule has 0 saturated carbocycles. The number of rotatable bonds is 5. The quantitative estimate of drug-likeness (QED) is 0.605. The van der Waals surface area contributed by atoms with Crippen molar-refractivity contribution in [2.45, 2.75) is 20.0 Å². The number of esters is 2. The van der Waals surface area contributed by atoms with E-state index in [4.69, 9.17) is 9.47 Å². The average Bonchev–Trinajstić information content (AvgIpc) is 2.60. The Morgan fingerprint density at radius 3 is 2.55 bits per heavy atom. The SMILES string of the molecule is C=C(C(=O)OCC)C(OC(C)=O)c1cccc(=O)cc1. The molecule has 0 heterocycles. The van der Waals surface area contributed by atoms with E-state index in [2.05, 4.69) is 6.58 Å². The molecule has 1 aromatic rings. The maximum absolute atomic E-state index is 11.7. The molecule has 0 bridgehead atoms. The van der Waals surface area contributed by atoms with Crippen LogP contribution in [0, 0.1) is 0 Å². The number of carbonyl (C=O) groups is 2. The second-order valence-electron chi connectivity index (χ2n) is 4.00. The molecule has 0 fully saturated rings. The van der Waals surface area contributed by atoms with Gasteiger partial charge in [-0.3, -0.25) is 9.59 Å². The van der Waals surface area contributed by atoms with Crippen LogP contribution in [0.3, 0.4) is 0 Å². The van der Waals surface area contributed by atoms with Crippen molar-refractivity contribution in [3.63, 3.8) is 0 Å². The number of hydrogen-bond acceptors (Lipinski definition) is 5. The lowest BCUT2D eigenvalue weighted by atomic mass is 10.0. The second kappa shape index (κ2) is 7.23. The van der Waals surface area contributed by atoms with Crippen molar-refractivity contribution in [2.75, 3.05) is 6.61 Å². The van der Waals surface area contributed by atoms with Gasteiger partial charge < -0.3 is 9.47 Å². The van der Waals surface area contributed by atoms with Crippen LogP contribution < -0.4 is 5.43 Å². The van der Waals surface area contributed by atoms with Gasteiger partial charge in [-0.05, 0) is 24.6 Å². The molecule has 106 valence electrons. The average molecular weight is 276 g/mol. The van der Waals surface area contributed by atoms with E-state index in [0.29, 0.717) is 5.56 Å². The van der Waals surface area contributed by atoms with E-state index in [1.54, 1.807) is 13.0 Å². The highest BCUT2D eigenvalue weighted by atomic mass is 16.6. The van der Waals surface area contributed by atoms with Crippen molar-refractivity contribution < 1.29 is 19.1 Å². The second-order valence-corrected chi connectivity index (χ2v) is 4.00. The van der Waals surface area contributed by atoms with Gasteiger partial charge in [-0.2, -0.15) is 0 Å². The smallest absolute Gasteiger partial charge is 0.337 e. The first-order valence-corrected chi connectivity index (χ1v) is 6.09. The first kappa shape index (κ1) is 15.6. The minimum atomic E-state index is -0.974. The molecule has 1 rings (SSSR count). The lowest BCUT2D eigenvalue weighted by Crippen LogP contribution is -2.18. The van der Waals surface area contributed by atoms with Gasteiger partial charge in [-0.25, -0.2) is 4.79 Å². The minimum Gasteiger partial charge on any atom is -0.463 e. The molecule has 0 radical (unpaired) electrons. The third-order valence-electron chi connectivity index (χ3n) is 2.43. The van der Waals surface area contributed by atoms with Crippen molar-refractivity contribution >= 4 is 11.9 Å². The molecule has 1 aromatic carbocycles. The number of ether oxygens (including phenoxy) is 2. The van der Waals surface area contributed by atoms with Gasteiger partial charge in [0.25, 0.3) is 0 Å². The lowest BCUT2D eigenvalue weighted by molar-refractivity contribution is -0.147. The van der Waals surface area contributed by atoms with E-state index < -0.39 is 18.0 Å². The lowest BCUT2D eigenvalue weighted by Gasteiger charge is -2.18. The fourth-order valence-electron chi connectivity index (χ4n) is 1.56. The molecule has 0 amide bonds. The van der Waals surface area contributed by atoms with Gasteiger partial charge in [0, 0.05) is 6.92 Å². The molecule has 0 aromatic heterocycles. The Bertz CT molecular complexity index is 576. The van der Waals surface area contributed by atoms with Gasteiger partial charge in [-0.15, -0.1) is 0 Å². The molecule has 0 aliphatic rings. The van der Waals surface area contributed by atoms with Crippen LogP contribution in [-0.2, 0) is 19.1 Å². The Balaban J connectivity index is 3.15. The predicted molar refractivity (Wildman–Crippen MR) is 73.0 cm³/mol. The summed E-state index contributed by atoms with van der Waals surface area (Å²) in [5, 5.41) is 0. The van der Waals surface area contributed by atoms with Crippen LogP contribution in [0.2, 0.25) is 0 Å². The molecule has 1 atom stereocenters.